The molecule has 96 valence electrons. The number of allylic oxidation sites excluding steroid dienone is 1. The van der Waals surface area contributed by atoms with Gasteiger partial charge in [-0.05, 0) is 65.0 Å². The van der Waals surface area contributed by atoms with Gasteiger partial charge in [-0.15, -0.1) is 11.3 Å². The van der Waals surface area contributed by atoms with E-state index in [2.05, 4.69) is 43.7 Å². The van der Waals surface area contributed by atoms with Gasteiger partial charge in [-0.25, -0.2) is 4.98 Å². The zero-order valence-corrected chi connectivity index (χ0v) is 13.6. The van der Waals surface area contributed by atoms with Crippen molar-refractivity contribution in [3.63, 3.8) is 0 Å². The maximum atomic E-state index is 8.62. The summed E-state index contributed by atoms with van der Waals surface area (Å²) >= 11 is 3.87. The van der Waals surface area contributed by atoms with Crippen LogP contribution in [0.1, 0.15) is 31.0 Å². The largest absolute Gasteiger partial charge is 0.242 e. The van der Waals surface area contributed by atoms with Gasteiger partial charge in [0.2, 0.25) is 0 Å². The van der Waals surface area contributed by atoms with Gasteiger partial charge in [-0.1, -0.05) is 16.8 Å². The van der Waals surface area contributed by atoms with E-state index < -0.39 is 0 Å². The fourth-order valence-corrected chi connectivity index (χ4v) is 2.26. The number of hydrogen-bond acceptors (Lipinski definition) is 3. The molecule has 0 amide bonds. The summed E-state index contributed by atoms with van der Waals surface area (Å²) in [6.45, 7) is 5.98. The van der Waals surface area contributed by atoms with E-state index in [9.17, 15) is 0 Å². The van der Waals surface area contributed by atoms with Gasteiger partial charge in [0.15, 0.2) is 0 Å². The third kappa shape index (κ3) is 5.20. The van der Waals surface area contributed by atoms with Gasteiger partial charge in [0.05, 0.1) is 16.7 Å². The van der Waals surface area contributed by atoms with E-state index in [0.717, 1.165) is 22.7 Å². The average Bonchev–Trinajstić information content (AvgIpc) is 2.69. The second kappa shape index (κ2) is 7.56. The van der Waals surface area contributed by atoms with Gasteiger partial charge in [0.1, 0.15) is 0 Å². The highest BCUT2D eigenvalue weighted by Crippen LogP contribution is 2.19. The van der Waals surface area contributed by atoms with Gasteiger partial charge in [0.25, 0.3) is 0 Å². The molecule has 6 heteroatoms. The first-order valence-electron chi connectivity index (χ1n) is 5.49. The third-order valence-corrected chi connectivity index (χ3v) is 3.58. The molecule has 0 fully saturated rings. The van der Waals surface area contributed by atoms with Crippen LogP contribution in [0.25, 0.3) is 16.5 Å². The first-order valence-corrected chi connectivity index (χ1v) is 7.45. The molecule has 1 aromatic rings. The van der Waals surface area contributed by atoms with E-state index in [0.29, 0.717) is 0 Å². The van der Waals surface area contributed by atoms with E-state index in [4.69, 9.17) is 5.53 Å². The van der Waals surface area contributed by atoms with Crippen LogP contribution in [-0.4, -0.2) is 11.0 Å². The summed E-state index contributed by atoms with van der Waals surface area (Å²) in [6.07, 6.45) is 4.78. The lowest BCUT2D eigenvalue weighted by Gasteiger charge is -2.08. The van der Waals surface area contributed by atoms with Gasteiger partial charge in [-0.2, -0.15) is 0 Å². The molecule has 0 radical (unpaired) electrons. The van der Waals surface area contributed by atoms with E-state index in [1.54, 1.807) is 11.3 Å². The first kappa shape index (κ1) is 15.2. The highest BCUT2D eigenvalue weighted by molar-refractivity contribution is 14.1. The Balaban J connectivity index is 2.88. The Morgan fingerprint density at radius 2 is 2.39 bits per heavy atom. The molecule has 0 aliphatic rings. The number of aromatic nitrogens is 1. The highest BCUT2D eigenvalue weighted by Gasteiger charge is 2.08. The van der Waals surface area contributed by atoms with Crippen molar-refractivity contribution in [2.24, 2.45) is 5.11 Å². The number of rotatable bonds is 5. The summed E-state index contributed by atoms with van der Waals surface area (Å²) in [5, 5.41) is 6.88. The molecular formula is C12H15IN4S. The molecule has 0 saturated heterocycles. The number of halogens is 1. The summed E-state index contributed by atoms with van der Waals surface area (Å²) in [6, 6.07) is -0.137. The monoisotopic (exact) mass is 374 g/mol. The van der Waals surface area contributed by atoms with Crippen LogP contribution >= 0.6 is 33.9 Å². The standard InChI is InChI=1S/C12H15IN4S/c1-8(6-11-7-18-10(3)15-11)12(16-17-14)5-4-9(2)13/h4,6-7,12H,5H2,1-3H3/b8-6+,9-4-. The van der Waals surface area contributed by atoms with E-state index in [-0.39, 0.29) is 6.04 Å². The molecule has 4 nitrogen and oxygen atoms in total. The van der Waals surface area contributed by atoms with Crippen LogP contribution in [0.2, 0.25) is 0 Å². The lowest BCUT2D eigenvalue weighted by Crippen LogP contribution is -2.03. The van der Waals surface area contributed by atoms with E-state index in [1.165, 1.54) is 3.58 Å². The Morgan fingerprint density at radius 1 is 1.67 bits per heavy atom. The molecule has 1 aromatic heterocycles. The molecule has 18 heavy (non-hydrogen) atoms. The molecule has 0 aliphatic carbocycles. The van der Waals surface area contributed by atoms with Crippen LogP contribution in [0.4, 0.5) is 0 Å². The maximum Gasteiger partial charge on any atom is 0.0901 e. The summed E-state index contributed by atoms with van der Waals surface area (Å²) in [4.78, 5) is 7.30. The Kier molecular flexibility index (Phi) is 6.38. The quantitative estimate of drug-likeness (QED) is 0.300. The van der Waals surface area contributed by atoms with Gasteiger partial charge in [0, 0.05) is 10.3 Å². The SMILES string of the molecule is C/C(I)=C/CC(N=[N+]=[N-])/C(C)=C/c1csc(C)n1. The van der Waals surface area contributed by atoms with E-state index >= 15 is 0 Å². The van der Waals surface area contributed by atoms with Crippen molar-refractivity contribution in [1.29, 1.82) is 0 Å². The summed E-state index contributed by atoms with van der Waals surface area (Å²) < 4.78 is 1.20. The van der Waals surface area contributed by atoms with Gasteiger partial charge < -0.3 is 0 Å². The number of thiazole rings is 1. The smallest absolute Gasteiger partial charge is 0.0901 e. The maximum absolute atomic E-state index is 8.62. The second-order valence-electron chi connectivity index (χ2n) is 3.93. The minimum Gasteiger partial charge on any atom is -0.242 e. The van der Waals surface area contributed by atoms with Crippen LogP contribution in [0.5, 0.6) is 0 Å². The van der Waals surface area contributed by atoms with Crippen LogP contribution in [0, 0.1) is 6.92 Å². The fourth-order valence-electron chi connectivity index (χ4n) is 1.44. The molecule has 1 unspecified atom stereocenters. The summed E-state index contributed by atoms with van der Waals surface area (Å²) in [5.41, 5.74) is 10.6. The minimum absolute atomic E-state index is 0.137. The van der Waals surface area contributed by atoms with Crippen LogP contribution in [0.3, 0.4) is 0 Å². The molecule has 0 bridgehead atoms. The highest BCUT2D eigenvalue weighted by atomic mass is 127. The zero-order chi connectivity index (χ0) is 13.5. The summed E-state index contributed by atoms with van der Waals surface area (Å²) in [7, 11) is 0. The fraction of sp³-hybridized carbons (Fsp3) is 0.417. The predicted octanol–water partition coefficient (Wildman–Crippen LogP) is 5.26. The normalized spacial score (nSPS) is 14.2. The van der Waals surface area contributed by atoms with Crippen molar-refractivity contribution in [1.82, 2.24) is 4.98 Å². The molecule has 0 spiro atoms. The molecule has 0 aliphatic heterocycles. The second-order valence-corrected chi connectivity index (χ2v) is 6.69. The molecule has 0 aromatic carbocycles. The molecule has 0 saturated carbocycles. The Bertz CT molecular complexity index is 508. The van der Waals surface area contributed by atoms with Crippen LogP contribution < -0.4 is 0 Å². The van der Waals surface area contributed by atoms with Crippen molar-refractivity contribution >= 4 is 40.0 Å². The molecule has 1 rings (SSSR count). The van der Waals surface area contributed by atoms with Crippen molar-refractivity contribution in [2.75, 3.05) is 0 Å². The van der Waals surface area contributed by atoms with Crippen molar-refractivity contribution in [2.45, 2.75) is 33.2 Å². The van der Waals surface area contributed by atoms with Gasteiger partial charge >= 0.3 is 0 Å². The average molecular weight is 374 g/mol. The molecule has 1 atom stereocenters. The van der Waals surface area contributed by atoms with Crippen molar-refractivity contribution in [3.05, 3.63) is 41.8 Å². The Hall–Kier alpha value is -0.850. The number of nitrogens with zero attached hydrogens (tertiary/aromatic N) is 4. The number of azide groups is 1. The predicted molar refractivity (Wildman–Crippen MR) is 85.8 cm³/mol. The minimum atomic E-state index is -0.137. The Labute approximate surface area is 125 Å². The number of hydrogen-bond donors (Lipinski definition) is 0. The molecular weight excluding hydrogens is 359 g/mol. The third-order valence-electron chi connectivity index (χ3n) is 2.35. The lowest BCUT2D eigenvalue weighted by molar-refractivity contribution is 0.779. The topological polar surface area (TPSA) is 61.7 Å². The van der Waals surface area contributed by atoms with Crippen molar-refractivity contribution in [3.8, 4) is 0 Å². The zero-order valence-electron chi connectivity index (χ0n) is 10.6. The lowest BCUT2D eigenvalue weighted by atomic mass is 10.1. The van der Waals surface area contributed by atoms with Crippen LogP contribution in [0.15, 0.2) is 25.7 Å². The molecule has 0 N–H and O–H groups in total. The van der Waals surface area contributed by atoms with E-state index in [1.807, 2.05) is 32.2 Å². The number of aryl methyl sites for hydroxylation is 1. The first-order chi connectivity index (χ1) is 8.52. The van der Waals surface area contributed by atoms with Crippen molar-refractivity contribution < 1.29 is 0 Å². The van der Waals surface area contributed by atoms with Gasteiger partial charge in [-0.3, -0.25) is 0 Å². The summed E-state index contributed by atoms with van der Waals surface area (Å²) in [5.74, 6) is 0. The van der Waals surface area contributed by atoms with Crippen LogP contribution in [-0.2, 0) is 0 Å². The Morgan fingerprint density at radius 3 is 2.89 bits per heavy atom. The molecule has 1 heterocycles.